The van der Waals surface area contributed by atoms with E-state index in [2.05, 4.69) is 15.4 Å². The molecule has 2 aromatic rings. The number of aryl methyl sites for hydroxylation is 2. The molecule has 0 saturated carbocycles. The van der Waals surface area contributed by atoms with Gasteiger partial charge < -0.3 is 14.7 Å². The van der Waals surface area contributed by atoms with Crippen molar-refractivity contribution >= 4 is 23.2 Å². The molecule has 0 aliphatic carbocycles. The van der Waals surface area contributed by atoms with Gasteiger partial charge in [0.2, 0.25) is 5.91 Å². The number of carbonyl (C=O) groups excluding carboxylic acids is 2. The van der Waals surface area contributed by atoms with E-state index in [0.29, 0.717) is 13.1 Å². The van der Waals surface area contributed by atoms with Gasteiger partial charge in [0.15, 0.2) is 0 Å². The Morgan fingerprint density at radius 1 is 1.41 bits per heavy atom. The average molecular weight is 388 g/mol. The third kappa shape index (κ3) is 3.27. The fraction of sp³-hybridized carbons (Fsp3) is 0.526. The van der Waals surface area contributed by atoms with Gasteiger partial charge in [-0.3, -0.25) is 14.5 Å². The summed E-state index contributed by atoms with van der Waals surface area (Å²) in [7, 11) is 0. The number of hydrogen-bond acceptors (Lipinski definition) is 6. The third-order valence-corrected chi connectivity index (χ3v) is 6.59. The number of piperazine rings is 1. The van der Waals surface area contributed by atoms with Gasteiger partial charge in [-0.2, -0.15) is 0 Å². The van der Waals surface area contributed by atoms with E-state index in [9.17, 15) is 9.59 Å². The molecule has 1 atom stereocenters. The minimum Gasteiger partial charge on any atom is -0.361 e. The summed E-state index contributed by atoms with van der Waals surface area (Å²) in [5.74, 6) is 0.774. The molecule has 1 N–H and O–H groups in total. The van der Waals surface area contributed by atoms with Crippen LogP contribution in [-0.2, 0) is 24.3 Å². The number of nitrogens with one attached hydrogen (secondary N) is 1. The highest BCUT2D eigenvalue weighted by Gasteiger charge is 2.33. The van der Waals surface area contributed by atoms with Gasteiger partial charge in [0.05, 0.1) is 11.3 Å². The molecule has 7 nitrogen and oxygen atoms in total. The molecule has 2 aliphatic rings. The lowest BCUT2D eigenvalue weighted by molar-refractivity contribution is -0.127. The van der Waals surface area contributed by atoms with E-state index in [0.717, 1.165) is 54.2 Å². The molecule has 0 unspecified atom stereocenters. The van der Waals surface area contributed by atoms with Crippen molar-refractivity contribution in [1.82, 2.24) is 20.3 Å². The smallest absolute Gasteiger partial charge is 0.255 e. The molecule has 1 saturated heterocycles. The zero-order valence-corrected chi connectivity index (χ0v) is 16.7. The number of thiophene rings is 1. The molecule has 27 heavy (non-hydrogen) atoms. The van der Waals surface area contributed by atoms with Crippen LogP contribution in [0.25, 0.3) is 0 Å². The molecular formula is C19H24N4O3S. The lowest BCUT2D eigenvalue weighted by atomic mass is 10.0. The van der Waals surface area contributed by atoms with Crippen LogP contribution in [-0.4, -0.2) is 52.4 Å². The van der Waals surface area contributed by atoms with Crippen LogP contribution >= 0.6 is 11.3 Å². The van der Waals surface area contributed by atoms with Gasteiger partial charge in [-0.05, 0) is 32.8 Å². The maximum Gasteiger partial charge on any atom is 0.255 e. The van der Waals surface area contributed by atoms with Gasteiger partial charge in [0.1, 0.15) is 11.8 Å². The highest BCUT2D eigenvalue weighted by atomic mass is 32.1. The maximum atomic E-state index is 13.0. The molecule has 0 radical (unpaired) electrons. The molecule has 0 bridgehead atoms. The van der Waals surface area contributed by atoms with Crippen LogP contribution in [0.3, 0.4) is 0 Å². The predicted octanol–water partition coefficient (Wildman–Crippen LogP) is 1.87. The summed E-state index contributed by atoms with van der Waals surface area (Å²) in [6.45, 7) is 9.32. The summed E-state index contributed by atoms with van der Waals surface area (Å²) >= 11 is 1.64. The van der Waals surface area contributed by atoms with Crippen LogP contribution in [0.2, 0.25) is 0 Å². The van der Waals surface area contributed by atoms with Crippen LogP contribution in [0.4, 0.5) is 0 Å². The van der Waals surface area contributed by atoms with Crippen LogP contribution < -0.4 is 5.32 Å². The first-order valence-electron chi connectivity index (χ1n) is 9.27. The summed E-state index contributed by atoms with van der Waals surface area (Å²) in [5.41, 5.74) is 4.02. The summed E-state index contributed by atoms with van der Waals surface area (Å²) in [6, 6.07) is -0.415. The second-order valence-electron chi connectivity index (χ2n) is 7.28. The van der Waals surface area contributed by atoms with Crippen molar-refractivity contribution in [2.45, 2.75) is 46.3 Å². The average Bonchev–Trinajstić information content (AvgIpc) is 3.21. The lowest BCUT2D eigenvalue weighted by Gasteiger charge is -2.33. The second-order valence-corrected chi connectivity index (χ2v) is 8.24. The van der Waals surface area contributed by atoms with E-state index in [1.54, 1.807) is 23.2 Å². The van der Waals surface area contributed by atoms with Crippen molar-refractivity contribution < 1.29 is 14.1 Å². The predicted molar refractivity (Wildman–Crippen MR) is 102 cm³/mol. The number of hydrogen-bond donors (Lipinski definition) is 1. The van der Waals surface area contributed by atoms with Crippen molar-refractivity contribution in [3.05, 3.63) is 38.4 Å². The first-order valence-corrected chi connectivity index (χ1v) is 10.2. The zero-order valence-electron chi connectivity index (χ0n) is 15.9. The largest absolute Gasteiger partial charge is 0.361 e. The molecule has 144 valence electrons. The normalized spacial score (nSPS) is 20.5. The Balaban J connectivity index is 1.50. The Hall–Kier alpha value is -2.19. The highest BCUT2D eigenvalue weighted by Crippen LogP contribution is 2.31. The lowest BCUT2D eigenvalue weighted by Crippen LogP contribution is -2.55. The van der Waals surface area contributed by atoms with Crippen molar-refractivity contribution in [3.63, 3.8) is 0 Å². The number of carbonyl (C=O) groups is 2. The van der Waals surface area contributed by atoms with Crippen LogP contribution in [0.15, 0.2) is 9.90 Å². The summed E-state index contributed by atoms with van der Waals surface area (Å²) < 4.78 is 5.27. The minimum absolute atomic E-state index is 0.0194. The molecule has 0 aromatic carbocycles. The third-order valence-electron chi connectivity index (χ3n) is 5.58. The van der Waals surface area contributed by atoms with Gasteiger partial charge in [-0.1, -0.05) is 5.16 Å². The van der Waals surface area contributed by atoms with Crippen LogP contribution in [0, 0.1) is 13.8 Å². The Bertz CT molecular complexity index is 868. The molecule has 2 amide bonds. The fourth-order valence-electron chi connectivity index (χ4n) is 3.86. The minimum atomic E-state index is -0.415. The molecule has 4 rings (SSSR count). The number of fused-ring (bicyclic) bond motifs is 1. The molecule has 8 heteroatoms. The number of nitrogens with zero attached hydrogens (tertiary/aromatic N) is 3. The number of rotatable bonds is 3. The van der Waals surface area contributed by atoms with Gasteiger partial charge in [0, 0.05) is 48.5 Å². The Morgan fingerprint density at radius 3 is 2.96 bits per heavy atom. The molecular weight excluding hydrogens is 364 g/mol. The van der Waals surface area contributed by atoms with E-state index in [-0.39, 0.29) is 11.8 Å². The van der Waals surface area contributed by atoms with E-state index >= 15 is 0 Å². The highest BCUT2D eigenvalue weighted by molar-refractivity contribution is 7.10. The Labute approximate surface area is 162 Å². The number of amides is 2. The van der Waals surface area contributed by atoms with Gasteiger partial charge in [-0.25, -0.2) is 0 Å². The zero-order chi connectivity index (χ0) is 19.1. The fourth-order valence-corrected chi connectivity index (χ4v) is 4.98. The second kappa shape index (κ2) is 7.09. The number of aromatic nitrogens is 1. The SMILES string of the molecule is Cc1noc(C)c1CN1CCc2c(C(=O)N3CCNC(=O)[C@@H]3C)csc2C1. The molecule has 0 spiro atoms. The van der Waals surface area contributed by atoms with Crippen LogP contribution in [0.1, 0.15) is 44.7 Å². The maximum absolute atomic E-state index is 13.0. The van der Waals surface area contributed by atoms with Gasteiger partial charge in [-0.15, -0.1) is 11.3 Å². The Kier molecular flexibility index (Phi) is 4.77. The first kappa shape index (κ1) is 18.2. The van der Waals surface area contributed by atoms with E-state index in [1.165, 1.54) is 4.88 Å². The van der Waals surface area contributed by atoms with Crippen molar-refractivity contribution in [2.24, 2.45) is 0 Å². The van der Waals surface area contributed by atoms with Crippen molar-refractivity contribution in [2.75, 3.05) is 19.6 Å². The summed E-state index contributed by atoms with van der Waals surface area (Å²) in [4.78, 5) is 30.2. The van der Waals surface area contributed by atoms with E-state index in [4.69, 9.17) is 4.52 Å². The Morgan fingerprint density at radius 2 is 2.22 bits per heavy atom. The van der Waals surface area contributed by atoms with Crippen molar-refractivity contribution in [1.29, 1.82) is 0 Å². The molecule has 1 fully saturated rings. The summed E-state index contributed by atoms with van der Waals surface area (Å²) in [5, 5.41) is 8.81. The van der Waals surface area contributed by atoms with Gasteiger partial charge >= 0.3 is 0 Å². The first-order chi connectivity index (χ1) is 13.0. The van der Waals surface area contributed by atoms with Crippen molar-refractivity contribution in [3.8, 4) is 0 Å². The molecule has 2 aromatic heterocycles. The van der Waals surface area contributed by atoms with E-state index in [1.807, 2.05) is 19.2 Å². The molecule has 4 heterocycles. The standard InChI is InChI=1S/C19H24N4O3S/c1-11-15(13(3)26-21-11)8-22-6-4-14-16(10-27-17(14)9-22)19(25)23-7-5-20-18(24)12(23)2/h10,12H,4-9H2,1-3H3,(H,20,24)/t12-/m0/s1. The van der Waals surface area contributed by atoms with Gasteiger partial charge in [0.25, 0.3) is 5.91 Å². The van der Waals surface area contributed by atoms with Crippen LogP contribution in [0.5, 0.6) is 0 Å². The summed E-state index contributed by atoms with van der Waals surface area (Å²) in [6.07, 6.45) is 0.845. The quantitative estimate of drug-likeness (QED) is 0.869. The van der Waals surface area contributed by atoms with E-state index < -0.39 is 6.04 Å². The monoisotopic (exact) mass is 388 g/mol. The topological polar surface area (TPSA) is 78.7 Å². The molecule has 2 aliphatic heterocycles.